The molecule has 2 aromatic rings. The second-order valence-electron chi connectivity index (χ2n) is 5.16. The Hall–Kier alpha value is -2.33. The molecule has 2 N–H and O–H groups in total. The number of carbonyl (C=O) groups excluding carboxylic acids is 1. The smallest absolute Gasteiger partial charge is 0.251 e. The van der Waals surface area contributed by atoms with Crippen LogP contribution in [0.3, 0.4) is 0 Å². The van der Waals surface area contributed by atoms with Gasteiger partial charge < -0.3 is 15.2 Å². The Kier molecular flexibility index (Phi) is 3.88. The molecule has 4 heteroatoms. The molecule has 1 aliphatic heterocycles. The number of phenols is 1. The first-order chi connectivity index (χ1) is 10.2. The number of carbonyl (C=O) groups is 1. The molecule has 1 amide bonds. The Labute approximate surface area is 123 Å². The van der Waals surface area contributed by atoms with Gasteiger partial charge in [0.15, 0.2) is 0 Å². The Morgan fingerprint density at radius 3 is 2.67 bits per heavy atom. The maximum Gasteiger partial charge on any atom is 0.251 e. The fraction of sp³-hybridized carbons (Fsp3) is 0.235. The van der Waals surface area contributed by atoms with Gasteiger partial charge >= 0.3 is 0 Å². The normalized spacial score (nSPS) is 17.6. The Bertz CT molecular complexity index is 631. The van der Waals surface area contributed by atoms with Crippen molar-refractivity contribution in [2.45, 2.75) is 12.5 Å². The van der Waals surface area contributed by atoms with Gasteiger partial charge in [-0.3, -0.25) is 4.79 Å². The van der Waals surface area contributed by atoms with Crippen molar-refractivity contribution in [1.29, 1.82) is 0 Å². The predicted molar refractivity (Wildman–Crippen MR) is 80.2 cm³/mol. The first-order valence-electron chi connectivity index (χ1n) is 7.00. The van der Waals surface area contributed by atoms with Gasteiger partial charge in [-0.05, 0) is 41.8 Å². The first kappa shape index (κ1) is 13.6. The molecule has 1 saturated heterocycles. The molecular formula is C17H17NO3. The summed E-state index contributed by atoms with van der Waals surface area (Å²) in [6, 6.07) is 14.5. The molecule has 0 radical (unpaired) electrons. The third kappa shape index (κ3) is 3.23. The standard InChI is InChI=1S/C17H17NO3/c19-16-6-4-12(5-7-16)13-2-1-3-14(10-13)17(20)18-15-8-9-21-11-15/h1-7,10,15,19H,8-9,11H2,(H,18,20)/t15-/m1/s1. The third-order valence-corrected chi connectivity index (χ3v) is 3.59. The van der Waals surface area contributed by atoms with E-state index in [4.69, 9.17) is 4.74 Å². The summed E-state index contributed by atoms with van der Waals surface area (Å²) in [5.41, 5.74) is 2.55. The third-order valence-electron chi connectivity index (χ3n) is 3.59. The number of amides is 1. The van der Waals surface area contributed by atoms with Crippen molar-refractivity contribution in [2.24, 2.45) is 0 Å². The largest absolute Gasteiger partial charge is 0.508 e. The summed E-state index contributed by atoms with van der Waals surface area (Å²) in [4.78, 5) is 12.2. The highest BCUT2D eigenvalue weighted by Crippen LogP contribution is 2.22. The van der Waals surface area contributed by atoms with Gasteiger partial charge in [0.05, 0.1) is 12.6 Å². The zero-order valence-electron chi connectivity index (χ0n) is 11.6. The van der Waals surface area contributed by atoms with Gasteiger partial charge in [-0.15, -0.1) is 0 Å². The number of phenolic OH excluding ortho intramolecular Hbond substituents is 1. The second-order valence-corrected chi connectivity index (χ2v) is 5.16. The van der Waals surface area contributed by atoms with Crippen LogP contribution in [-0.4, -0.2) is 30.3 Å². The molecule has 1 fully saturated rings. The summed E-state index contributed by atoms with van der Waals surface area (Å²) in [5, 5.41) is 12.3. The lowest BCUT2D eigenvalue weighted by molar-refractivity contribution is 0.0930. The Morgan fingerprint density at radius 1 is 1.14 bits per heavy atom. The SMILES string of the molecule is O=C(N[C@@H]1CCOC1)c1cccc(-c2ccc(O)cc2)c1. The molecule has 0 aromatic heterocycles. The first-order valence-corrected chi connectivity index (χ1v) is 7.00. The van der Waals surface area contributed by atoms with Crippen LogP contribution in [0.25, 0.3) is 11.1 Å². The molecule has 1 heterocycles. The molecule has 3 rings (SSSR count). The zero-order valence-corrected chi connectivity index (χ0v) is 11.6. The highest BCUT2D eigenvalue weighted by molar-refractivity contribution is 5.95. The van der Waals surface area contributed by atoms with Crippen LogP contribution < -0.4 is 5.32 Å². The van der Waals surface area contributed by atoms with Crippen LogP contribution in [0.4, 0.5) is 0 Å². The van der Waals surface area contributed by atoms with Crippen LogP contribution in [0.5, 0.6) is 5.75 Å². The summed E-state index contributed by atoms with van der Waals surface area (Å²) in [6.07, 6.45) is 0.864. The fourth-order valence-electron chi connectivity index (χ4n) is 2.41. The van der Waals surface area contributed by atoms with E-state index in [9.17, 15) is 9.90 Å². The molecule has 0 spiro atoms. The van der Waals surface area contributed by atoms with Gasteiger partial charge in [0.2, 0.25) is 0 Å². The molecule has 0 bridgehead atoms. The number of ether oxygens (including phenoxy) is 1. The van der Waals surface area contributed by atoms with Crippen molar-refractivity contribution in [1.82, 2.24) is 5.32 Å². The minimum absolute atomic E-state index is 0.0777. The van der Waals surface area contributed by atoms with Crippen molar-refractivity contribution in [2.75, 3.05) is 13.2 Å². The lowest BCUT2D eigenvalue weighted by atomic mass is 10.0. The topological polar surface area (TPSA) is 58.6 Å². The average molecular weight is 283 g/mol. The fourth-order valence-corrected chi connectivity index (χ4v) is 2.41. The highest BCUT2D eigenvalue weighted by atomic mass is 16.5. The van der Waals surface area contributed by atoms with Gasteiger partial charge in [0.1, 0.15) is 5.75 Å². The molecule has 2 aromatic carbocycles. The molecular weight excluding hydrogens is 266 g/mol. The van der Waals surface area contributed by atoms with E-state index in [1.54, 1.807) is 18.2 Å². The number of nitrogens with one attached hydrogen (secondary N) is 1. The van der Waals surface area contributed by atoms with E-state index in [1.165, 1.54) is 0 Å². The maximum absolute atomic E-state index is 12.2. The second kappa shape index (κ2) is 5.97. The van der Waals surface area contributed by atoms with Crippen molar-refractivity contribution in [3.8, 4) is 16.9 Å². The van der Waals surface area contributed by atoms with Gasteiger partial charge in [-0.25, -0.2) is 0 Å². The van der Waals surface area contributed by atoms with Crippen LogP contribution in [0.1, 0.15) is 16.8 Å². The minimum Gasteiger partial charge on any atom is -0.508 e. The van der Waals surface area contributed by atoms with Crippen molar-refractivity contribution in [3.05, 3.63) is 54.1 Å². The van der Waals surface area contributed by atoms with E-state index in [0.717, 1.165) is 17.5 Å². The molecule has 0 saturated carbocycles. The molecule has 21 heavy (non-hydrogen) atoms. The number of hydrogen-bond acceptors (Lipinski definition) is 3. The van der Waals surface area contributed by atoms with E-state index in [0.29, 0.717) is 18.8 Å². The van der Waals surface area contributed by atoms with Crippen LogP contribution in [-0.2, 0) is 4.74 Å². The van der Waals surface area contributed by atoms with Crippen molar-refractivity contribution < 1.29 is 14.6 Å². The quantitative estimate of drug-likeness (QED) is 0.910. The van der Waals surface area contributed by atoms with Crippen LogP contribution in [0, 0.1) is 0 Å². The molecule has 1 aliphatic rings. The minimum atomic E-state index is -0.0777. The van der Waals surface area contributed by atoms with Crippen LogP contribution in [0.2, 0.25) is 0 Å². The lowest BCUT2D eigenvalue weighted by Crippen LogP contribution is -2.34. The summed E-state index contributed by atoms with van der Waals surface area (Å²) >= 11 is 0. The van der Waals surface area contributed by atoms with Gasteiger partial charge in [0, 0.05) is 12.2 Å². The summed E-state index contributed by atoms with van der Waals surface area (Å²) < 4.78 is 5.26. The Balaban J connectivity index is 1.79. The highest BCUT2D eigenvalue weighted by Gasteiger charge is 2.18. The van der Waals surface area contributed by atoms with Crippen molar-refractivity contribution in [3.63, 3.8) is 0 Å². The zero-order chi connectivity index (χ0) is 14.7. The average Bonchev–Trinajstić information content (AvgIpc) is 3.01. The van der Waals surface area contributed by atoms with E-state index in [1.807, 2.05) is 30.3 Å². The van der Waals surface area contributed by atoms with E-state index < -0.39 is 0 Å². The van der Waals surface area contributed by atoms with Crippen LogP contribution >= 0.6 is 0 Å². The summed E-state index contributed by atoms with van der Waals surface area (Å²) in [6.45, 7) is 1.29. The number of hydrogen-bond donors (Lipinski definition) is 2. The maximum atomic E-state index is 12.2. The van der Waals surface area contributed by atoms with Gasteiger partial charge in [-0.2, -0.15) is 0 Å². The number of rotatable bonds is 3. The molecule has 1 atom stereocenters. The van der Waals surface area contributed by atoms with E-state index >= 15 is 0 Å². The van der Waals surface area contributed by atoms with Crippen LogP contribution in [0.15, 0.2) is 48.5 Å². The molecule has 0 aliphatic carbocycles. The summed E-state index contributed by atoms with van der Waals surface area (Å²) in [5.74, 6) is 0.153. The predicted octanol–water partition coefficient (Wildman–Crippen LogP) is 2.58. The Morgan fingerprint density at radius 2 is 1.95 bits per heavy atom. The molecule has 0 unspecified atom stereocenters. The van der Waals surface area contributed by atoms with Crippen molar-refractivity contribution >= 4 is 5.91 Å². The molecule has 108 valence electrons. The number of aromatic hydroxyl groups is 1. The van der Waals surface area contributed by atoms with E-state index in [2.05, 4.69) is 5.32 Å². The lowest BCUT2D eigenvalue weighted by Gasteiger charge is -2.11. The monoisotopic (exact) mass is 283 g/mol. The summed E-state index contributed by atoms with van der Waals surface area (Å²) in [7, 11) is 0. The van der Waals surface area contributed by atoms with Gasteiger partial charge in [0.25, 0.3) is 5.91 Å². The van der Waals surface area contributed by atoms with Gasteiger partial charge in [-0.1, -0.05) is 24.3 Å². The van der Waals surface area contributed by atoms with E-state index in [-0.39, 0.29) is 17.7 Å². The molecule has 4 nitrogen and oxygen atoms in total. The number of benzene rings is 2.